The summed E-state index contributed by atoms with van der Waals surface area (Å²) in [4.78, 5) is 0. The zero-order valence-corrected chi connectivity index (χ0v) is 12.8. The Kier molecular flexibility index (Phi) is 6.38. The summed E-state index contributed by atoms with van der Waals surface area (Å²) in [5, 5.41) is 0. The highest BCUT2D eigenvalue weighted by Crippen LogP contribution is 2.26. The predicted octanol–water partition coefficient (Wildman–Crippen LogP) is 4.32. The molecule has 1 fully saturated rings. The van der Waals surface area contributed by atoms with Gasteiger partial charge >= 0.3 is 0 Å². The highest BCUT2D eigenvalue weighted by molar-refractivity contribution is 5.27. The van der Waals surface area contributed by atoms with E-state index in [1.807, 2.05) is 0 Å². The molecule has 1 unspecified atom stereocenters. The number of hydrogen-bond donors (Lipinski definition) is 1. The number of ether oxygens (including phenoxy) is 1. The maximum Gasteiger partial charge on any atom is 0.119 e. The fourth-order valence-electron chi connectivity index (χ4n) is 2.97. The van der Waals surface area contributed by atoms with Gasteiger partial charge in [0.25, 0.3) is 0 Å². The molecule has 0 bridgehead atoms. The van der Waals surface area contributed by atoms with Crippen molar-refractivity contribution in [3.8, 4) is 5.75 Å². The highest BCUT2D eigenvalue weighted by atomic mass is 16.5. The minimum absolute atomic E-state index is 0.279. The molecular formula is C18H29NO. The summed E-state index contributed by atoms with van der Waals surface area (Å²) in [6, 6.07) is 8.80. The second-order valence-electron chi connectivity index (χ2n) is 6.30. The van der Waals surface area contributed by atoms with Gasteiger partial charge in [-0.05, 0) is 49.8 Å². The lowest BCUT2D eigenvalue weighted by Crippen LogP contribution is -2.15. The summed E-state index contributed by atoms with van der Waals surface area (Å²) in [7, 11) is 0. The van der Waals surface area contributed by atoms with E-state index in [4.69, 9.17) is 10.5 Å². The minimum Gasteiger partial charge on any atom is -0.494 e. The van der Waals surface area contributed by atoms with Crippen LogP contribution in [0.3, 0.4) is 0 Å². The van der Waals surface area contributed by atoms with Gasteiger partial charge in [0, 0.05) is 6.04 Å². The van der Waals surface area contributed by atoms with Gasteiger partial charge in [0.05, 0.1) is 6.61 Å². The molecule has 0 spiro atoms. The molecule has 1 aliphatic rings. The molecule has 0 amide bonds. The lowest BCUT2D eigenvalue weighted by molar-refractivity contribution is 0.246. The number of rotatable bonds is 7. The van der Waals surface area contributed by atoms with Gasteiger partial charge in [0.1, 0.15) is 5.75 Å². The summed E-state index contributed by atoms with van der Waals surface area (Å²) in [5.74, 6) is 1.90. The zero-order chi connectivity index (χ0) is 14.2. The largest absolute Gasteiger partial charge is 0.494 e. The Morgan fingerprint density at radius 1 is 1.15 bits per heavy atom. The van der Waals surface area contributed by atoms with Gasteiger partial charge in [0.15, 0.2) is 0 Å². The van der Waals surface area contributed by atoms with Crippen LogP contribution in [0.15, 0.2) is 24.3 Å². The number of aryl methyl sites for hydroxylation is 1. The molecular weight excluding hydrogens is 246 g/mol. The van der Waals surface area contributed by atoms with E-state index in [0.29, 0.717) is 0 Å². The summed E-state index contributed by atoms with van der Waals surface area (Å²) in [6.07, 6.45) is 10.4. The topological polar surface area (TPSA) is 35.2 Å². The SMILES string of the molecule is CC(N)CCc1ccc(OCCC2CCCCC2)cc1. The minimum atomic E-state index is 0.279. The summed E-state index contributed by atoms with van der Waals surface area (Å²) in [6.45, 7) is 2.92. The third-order valence-corrected chi connectivity index (χ3v) is 4.33. The second-order valence-corrected chi connectivity index (χ2v) is 6.30. The first-order valence-corrected chi connectivity index (χ1v) is 8.21. The highest BCUT2D eigenvalue weighted by Gasteiger charge is 2.12. The lowest BCUT2D eigenvalue weighted by Gasteiger charge is -2.21. The van der Waals surface area contributed by atoms with Crippen molar-refractivity contribution in [2.75, 3.05) is 6.61 Å². The van der Waals surface area contributed by atoms with Crippen LogP contribution in [0.25, 0.3) is 0 Å². The van der Waals surface area contributed by atoms with Crippen molar-refractivity contribution < 1.29 is 4.74 Å². The van der Waals surface area contributed by atoms with Crippen LogP contribution >= 0.6 is 0 Å². The molecule has 2 heteroatoms. The Hall–Kier alpha value is -1.02. The van der Waals surface area contributed by atoms with Gasteiger partial charge in [0.2, 0.25) is 0 Å². The summed E-state index contributed by atoms with van der Waals surface area (Å²) >= 11 is 0. The molecule has 1 aromatic rings. The first kappa shape index (κ1) is 15.4. The van der Waals surface area contributed by atoms with E-state index in [1.165, 1.54) is 44.1 Å². The Morgan fingerprint density at radius 2 is 1.85 bits per heavy atom. The monoisotopic (exact) mass is 275 g/mol. The molecule has 2 nitrogen and oxygen atoms in total. The number of hydrogen-bond acceptors (Lipinski definition) is 2. The van der Waals surface area contributed by atoms with Crippen LogP contribution < -0.4 is 10.5 Å². The predicted molar refractivity (Wildman–Crippen MR) is 85.1 cm³/mol. The second kappa shape index (κ2) is 8.31. The molecule has 1 atom stereocenters. The van der Waals surface area contributed by atoms with Crippen LogP contribution in [-0.2, 0) is 6.42 Å². The van der Waals surface area contributed by atoms with Crippen molar-refractivity contribution in [3.05, 3.63) is 29.8 Å². The average Bonchev–Trinajstić information content (AvgIpc) is 2.47. The molecule has 0 aromatic heterocycles. The summed E-state index contributed by atoms with van der Waals surface area (Å²) < 4.78 is 5.86. The van der Waals surface area contributed by atoms with Crippen molar-refractivity contribution >= 4 is 0 Å². The zero-order valence-electron chi connectivity index (χ0n) is 12.8. The Bertz CT molecular complexity index is 366. The van der Waals surface area contributed by atoms with Crippen LogP contribution in [0.4, 0.5) is 0 Å². The maximum atomic E-state index is 5.86. The van der Waals surface area contributed by atoms with Crippen molar-refractivity contribution in [2.24, 2.45) is 11.7 Å². The van der Waals surface area contributed by atoms with E-state index < -0.39 is 0 Å². The smallest absolute Gasteiger partial charge is 0.119 e. The van der Waals surface area contributed by atoms with Gasteiger partial charge in [-0.15, -0.1) is 0 Å². The molecule has 0 radical (unpaired) electrons. The molecule has 2 N–H and O–H groups in total. The molecule has 112 valence electrons. The molecule has 20 heavy (non-hydrogen) atoms. The standard InChI is InChI=1S/C18H29NO/c1-15(19)7-8-17-9-11-18(12-10-17)20-14-13-16-5-3-2-4-6-16/h9-12,15-16H,2-8,13-14,19H2,1H3. The quantitative estimate of drug-likeness (QED) is 0.804. The van der Waals surface area contributed by atoms with Crippen LogP contribution in [0.5, 0.6) is 5.75 Å². The Balaban J connectivity index is 1.67. The molecule has 1 saturated carbocycles. The van der Waals surface area contributed by atoms with Crippen molar-refractivity contribution in [3.63, 3.8) is 0 Å². The van der Waals surface area contributed by atoms with E-state index in [1.54, 1.807) is 0 Å². The number of benzene rings is 1. The van der Waals surface area contributed by atoms with Crippen molar-refractivity contribution in [2.45, 2.75) is 64.3 Å². The van der Waals surface area contributed by atoms with E-state index >= 15 is 0 Å². The van der Waals surface area contributed by atoms with E-state index in [0.717, 1.165) is 31.1 Å². The molecule has 2 rings (SSSR count). The molecule has 0 aliphatic heterocycles. The van der Waals surface area contributed by atoms with Crippen LogP contribution in [0.2, 0.25) is 0 Å². The molecule has 1 aromatic carbocycles. The normalized spacial score (nSPS) is 17.9. The van der Waals surface area contributed by atoms with Crippen LogP contribution in [0.1, 0.15) is 57.4 Å². The van der Waals surface area contributed by atoms with E-state index in [-0.39, 0.29) is 6.04 Å². The van der Waals surface area contributed by atoms with Crippen molar-refractivity contribution in [1.82, 2.24) is 0 Å². The van der Waals surface area contributed by atoms with E-state index in [9.17, 15) is 0 Å². The van der Waals surface area contributed by atoms with E-state index in [2.05, 4.69) is 31.2 Å². The summed E-state index contributed by atoms with van der Waals surface area (Å²) in [5.41, 5.74) is 7.13. The maximum absolute atomic E-state index is 5.86. The van der Waals surface area contributed by atoms with Gasteiger partial charge in [-0.25, -0.2) is 0 Å². The first-order valence-electron chi connectivity index (χ1n) is 8.21. The van der Waals surface area contributed by atoms with Gasteiger partial charge < -0.3 is 10.5 Å². The van der Waals surface area contributed by atoms with Gasteiger partial charge in [-0.2, -0.15) is 0 Å². The average molecular weight is 275 g/mol. The van der Waals surface area contributed by atoms with Crippen LogP contribution in [-0.4, -0.2) is 12.6 Å². The Morgan fingerprint density at radius 3 is 2.50 bits per heavy atom. The third kappa shape index (κ3) is 5.54. The van der Waals surface area contributed by atoms with Crippen molar-refractivity contribution in [1.29, 1.82) is 0 Å². The van der Waals surface area contributed by atoms with Gasteiger partial charge in [-0.3, -0.25) is 0 Å². The number of nitrogens with two attached hydrogens (primary N) is 1. The third-order valence-electron chi connectivity index (χ3n) is 4.33. The van der Waals surface area contributed by atoms with Crippen LogP contribution in [0, 0.1) is 5.92 Å². The molecule has 1 aliphatic carbocycles. The Labute approximate surface area is 123 Å². The lowest BCUT2D eigenvalue weighted by atomic mass is 9.87. The van der Waals surface area contributed by atoms with Gasteiger partial charge in [-0.1, -0.05) is 44.2 Å². The first-order chi connectivity index (χ1) is 9.74. The fraction of sp³-hybridized carbons (Fsp3) is 0.667. The molecule has 0 heterocycles. The fourth-order valence-corrected chi connectivity index (χ4v) is 2.97. The molecule has 0 saturated heterocycles.